The average molecular weight is 292 g/mol. The third-order valence-corrected chi connectivity index (χ3v) is 2.99. The van der Waals surface area contributed by atoms with Crippen LogP contribution in [0.4, 0.5) is 0 Å². The van der Waals surface area contributed by atoms with Gasteiger partial charge in [0.15, 0.2) is 0 Å². The summed E-state index contributed by atoms with van der Waals surface area (Å²) in [4.78, 5) is 11.4. The first-order valence-corrected chi connectivity index (χ1v) is 6.45. The molecule has 0 unspecified atom stereocenters. The number of carbonyl (C=O) groups excluding carboxylic acids is 1. The normalized spacial score (nSPS) is 10.3. The summed E-state index contributed by atoms with van der Waals surface area (Å²) >= 11 is 5.83. The van der Waals surface area contributed by atoms with Crippen LogP contribution in [-0.4, -0.2) is 17.6 Å². The summed E-state index contributed by atoms with van der Waals surface area (Å²) in [6.07, 6.45) is 0.591. The Hall–Kier alpha value is -2.04. The molecule has 0 spiro atoms. The topological polar surface area (TPSA) is 72.6 Å². The Morgan fingerprint density at radius 2 is 1.90 bits per heavy atom. The minimum atomic E-state index is -0.598. The molecule has 2 rings (SSSR count). The molecule has 5 heteroatoms. The maximum atomic E-state index is 11.4. The zero-order valence-electron chi connectivity index (χ0n) is 10.7. The van der Waals surface area contributed by atoms with E-state index in [0.29, 0.717) is 22.9 Å². The molecule has 0 heterocycles. The first kappa shape index (κ1) is 14.4. The van der Waals surface area contributed by atoms with Gasteiger partial charge < -0.3 is 15.6 Å². The van der Waals surface area contributed by atoms with Crippen LogP contribution in [0.1, 0.15) is 15.9 Å². The quantitative estimate of drug-likeness (QED) is 0.889. The number of ether oxygens (including phenoxy) is 1. The zero-order chi connectivity index (χ0) is 14.5. The molecule has 3 N–H and O–H groups in total. The Labute approximate surface area is 121 Å². The van der Waals surface area contributed by atoms with Crippen molar-refractivity contribution in [1.82, 2.24) is 0 Å². The van der Waals surface area contributed by atoms with Crippen LogP contribution in [-0.2, 0) is 6.42 Å². The Morgan fingerprint density at radius 3 is 2.50 bits per heavy atom. The van der Waals surface area contributed by atoms with Crippen molar-refractivity contribution >= 4 is 17.5 Å². The first-order chi connectivity index (χ1) is 9.60. The molecule has 4 nitrogen and oxygen atoms in total. The van der Waals surface area contributed by atoms with E-state index in [1.165, 1.54) is 6.07 Å². The van der Waals surface area contributed by atoms with E-state index in [4.69, 9.17) is 27.2 Å². The number of benzene rings is 2. The van der Waals surface area contributed by atoms with Crippen LogP contribution in [0.15, 0.2) is 42.5 Å². The molecule has 0 radical (unpaired) electrons. The van der Waals surface area contributed by atoms with Crippen molar-refractivity contribution in [2.24, 2.45) is 5.73 Å². The zero-order valence-corrected chi connectivity index (χ0v) is 11.4. The van der Waals surface area contributed by atoms with Crippen LogP contribution in [0.2, 0.25) is 5.02 Å². The maximum Gasteiger partial charge on any atom is 0.252 e. The Kier molecular flexibility index (Phi) is 4.61. The second-order valence-electron chi connectivity index (χ2n) is 4.22. The highest BCUT2D eigenvalue weighted by atomic mass is 35.5. The number of aliphatic hydroxyl groups is 1. The van der Waals surface area contributed by atoms with E-state index in [0.717, 1.165) is 5.56 Å². The van der Waals surface area contributed by atoms with Crippen LogP contribution >= 0.6 is 11.6 Å². The van der Waals surface area contributed by atoms with Gasteiger partial charge >= 0.3 is 0 Å². The fraction of sp³-hybridized carbons (Fsp3) is 0.133. The first-order valence-electron chi connectivity index (χ1n) is 6.07. The van der Waals surface area contributed by atoms with Crippen molar-refractivity contribution in [3.8, 4) is 11.5 Å². The molecule has 2 aromatic carbocycles. The Morgan fingerprint density at radius 1 is 1.20 bits per heavy atom. The van der Waals surface area contributed by atoms with E-state index in [1.807, 2.05) is 12.1 Å². The highest BCUT2D eigenvalue weighted by Crippen LogP contribution is 2.27. The monoisotopic (exact) mass is 291 g/mol. The third-order valence-electron chi connectivity index (χ3n) is 2.76. The van der Waals surface area contributed by atoms with Gasteiger partial charge in [0.05, 0.1) is 5.56 Å². The van der Waals surface area contributed by atoms with Crippen LogP contribution in [0.25, 0.3) is 0 Å². The summed E-state index contributed by atoms with van der Waals surface area (Å²) in [5.74, 6) is 0.340. The Balaban J connectivity index is 2.23. The molecule has 0 atom stereocenters. The second-order valence-corrected chi connectivity index (χ2v) is 4.66. The van der Waals surface area contributed by atoms with Gasteiger partial charge in [-0.05, 0) is 42.3 Å². The summed E-state index contributed by atoms with van der Waals surface area (Å²) in [6.45, 7) is 0.100. The number of hydrogen-bond donors (Lipinski definition) is 2. The molecule has 0 fully saturated rings. The molecule has 0 aliphatic heterocycles. The second kappa shape index (κ2) is 6.41. The molecule has 1 amide bonds. The lowest BCUT2D eigenvalue weighted by Gasteiger charge is -2.10. The van der Waals surface area contributed by atoms with Crippen LogP contribution in [0.3, 0.4) is 0 Å². The maximum absolute atomic E-state index is 11.4. The highest BCUT2D eigenvalue weighted by Gasteiger charge is 2.11. The molecule has 0 aromatic heterocycles. The van der Waals surface area contributed by atoms with Crippen LogP contribution in [0, 0.1) is 0 Å². The molecule has 104 valence electrons. The standard InChI is InChI=1S/C15H14ClNO3/c16-11-3-6-14(13(9-11)15(17)19)20-12-4-1-10(2-5-12)7-8-18/h1-6,9,18H,7-8H2,(H2,17,19). The molecule has 0 aliphatic rings. The van der Waals surface area contributed by atoms with Gasteiger partial charge in [-0.15, -0.1) is 0 Å². The average Bonchev–Trinajstić information content (AvgIpc) is 2.43. The van der Waals surface area contributed by atoms with Gasteiger partial charge in [-0.3, -0.25) is 4.79 Å². The van der Waals surface area contributed by atoms with E-state index < -0.39 is 5.91 Å². The minimum Gasteiger partial charge on any atom is -0.457 e. The predicted octanol–water partition coefficient (Wildman–Crippen LogP) is 2.77. The number of hydrogen-bond acceptors (Lipinski definition) is 3. The number of rotatable bonds is 5. The van der Waals surface area contributed by atoms with E-state index in [1.54, 1.807) is 24.3 Å². The van der Waals surface area contributed by atoms with Crippen LogP contribution < -0.4 is 10.5 Å². The van der Waals surface area contributed by atoms with Gasteiger partial charge in [0.2, 0.25) is 0 Å². The van der Waals surface area contributed by atoms with Gasteiger partial charge in [0.25, 0.3) is 5.91 Å². The third kappa shape index (κ3) is 3.50. The Bertz CT molecular complexity index is 611. The SMILES string of the molecule is NC(=O)c1cc(Cl)ccc1Oc1ccc(CCO)cc1. The van der Waals surface area contributed by atoms with E-state index in [-0.39, 0.29) is 12.2 Å². The molecule has 2 aromatic rings. The van der Waals surface area contributed by atoms with Crippen molar-refractivity contribution in [3.05, 3.63) is 58.6 Å². The van der Waals surface area contributed by atoms with E-state index in [9.17, 15) is 4.79 Å². The van der Waals surface area contributed by atoms with Crippen molar-refractivity contribution in [1.29, 1.82) is 0 Å². The number of primary amides is 1. The number of nitrogens with two attached hydrogens (primary N) is 1. The van der Waals surface area contributed by atoms with Gasteiger partial charge in [0.1, 0.15) is 11.5 Å². The molecule has 0 aliphatic carbocycles. The lowest BCUT2D eigenvalue weighted by atomic mass is 10.1. The summed E-state index contributed by atoms with van der Waals surface area (Å²) in [6, 6.07) is 11.9. The van der Waals surface area contributed by atoms with Gasteiger partial charge in [-0.2, -0.15) is 0 Å². The van der Waals surface area contributed by atoms with E-state index in [2.05, 4.69) is 0 Å². The number of amides is 1. The van der Waals surface area contributed by atoms with Gasteiger partial charge in [0, 0.05) is 11.6 Å². The molecule has 0 saturated carbocycles. The minimum absolute atomic E-state index is 0.100. The lowest BCUT2D eigenvalue weighted by Crippen LogP contribution is -2.12. The van der Waals surface area contributed by atoms with Gasteiger partial charge in [-0.25, -0.2) is 0 Å². The molecular formula is C15H14ClNO3. The smallest absolute Gasteiger partial charge is 0.252 e. The van der Waals surface area contributed by atoms with Crippen molar-refractivity contribution < 1.29 is 14.6 Å². The number of aliphatic hydroxyl groups excluding tert-OH is 1. The summed E-state index contributed by atoms with van der Waals surface area (Å²) in [5, 5.41) is 9.27. The number of halogens is 1. The highest BCUT2D eigenvalue weighted by molar-refractivity contribution is 6.31. The molecule has 0 saturated heterocycles. The lowest BCUT2D eigenvalue weighted by molar-refractivity contribution is 0.0998. The van der Waals surface area contributed by atoms with Crippen molar-refractivity contribution in [3.63, 3.8) is 0 Å². The largest absolute Gasteiger partial charge is 0.457 e. The van der Waals surface area contributed by atoms with Crippen LogP contribution in [0.5, 0.6) is 11.5 Å². The fourth-order valence-electron chi connectivity index (χ4n) is 1.76. The predicted molar refractivity (Wildman–Crippen MR) is 77.3 cm³/mol. The van der Waals surface area contributed by atoms with Crippen molar-refractivity contribution in [2.45, 2.75) is 6.42 Å². The molecular weight excluding hydrogens is 278 g/mol. The number of carbonyl (C=O) groups is 1. The summed E-state index contributed by atoms with van der Waals surface area (Å²) in [5.41, 5.74) is 6.53. The summed E-state index contributed by atoms with van der Waals surface area (Å²) in [7, 11) is 0. The fourth-order valence-corrected chi connectivity index (χ4v) is 1.94. The molecule has 20 heavy (non-hydrogen) atoms. The van der Waals surface area contributed by atoms with E-state index >= 15 is 0 Å². The van der Waals surface area contributed by atoms with Gasteiger partial charge in [-0.1, -0.05) is 23.7 Å². The summed E-state index contributed by atoms with van der Waals surface area (Å²) < 4.78 is 5.64. The van der Waals surface area contributed by atoms with Crippen molar-refractivity contribution in [2.75, 3.05) is 6.61 Å². The molecule has 0 bridgehead atoms.